The van der Waals surface area contributed by atoms with Crippen LogP contribution in [0.2, 0.25) is 0 Å². The highest BCUT2D eigenvalue weighted by Crippen LogP contribution is 2.25. The van der Waals surface area contributed by atoms with E-state index in [4.69, 9.17) is 0 Å². The molecule has 1 aliphatic carbocycles. The van der Waals surface area contributed by atoms with Crippen molar-refractivity contribution < 1.29 is 0 Å². The van der Waals surface area contributed by atoms with Crippen molar-refractivity contribution in [1.82, 2.24) is 10.2 Å². The normalized spacial score (nSPS) is 31.2. The van der Waals surface area contributed by atoms with Gasteiger partial charge in [0.05, 0.1) is 0 Å². The van der Waals surface area contributed by atoms with E-state index >= 15 is 0 Å². The molecule has 106 valence electrons. The van der Waals surface area contributed by atoms with E-state index in [1.54, 1.807) is 0 Å². The molecule has 0 aromatic carbocycles. The summed E-state index contributed by atoms with van der Waals surface area (Å²) in [5.74, 6) is 3.68. The Hall–Kier alpha value is 0.270. The van der Waals surface area contributed by atoms with Gasteiger partial charge in [-0.3, -0.25) is 0 Å². The third kappa shape index (κ3) is 5.10. The summed E-state index contributed by atoms with van der Waals surface area (Å²) in [6.45, 7) is 7.41. The third-order valence-corrected chi connectivity index (χ3v) is 5.57. The van der Waals surface area contributed by atoms with Gasteiger partial charge in [0.25, 0.3) is 0 Å². The highest BCUT2D eigenvalue weighted by Gasteiger charge is 2.17. The predicted octanol–water partition coefficient (Wildman–Crippen LogP) is 2.98. The van der Waals surface area contributed by atoms with E-state index in [1.807, 2.05) is 0 Å². The van der Waals surface area contributed by atoms with E-state index < -0.39 is 0 Å². The van der Waals surface area contributed by atoms with Crippen LogP contribution in [0.5, 0.6) is 0 Å². The summed E-state index contributed by atoms with van der Waals surface area (Å²) in [5.41, 5.74) is 0. The molecular weight excluding hydrogens is 240 g/mol. The number of nitrogens with one attached hydrogen (secondary N) is 1. The van der Waals surface area contributed by atoms with Gasteiger partial charge in [0.15, 0.2) is 0 Å². The average molecular weight is 270 g/mol. The molecule has 0 amide bonds. The van der Waals surface area contributed by atoms with Crippen LogP contribution in [0.4, 0.5) is 0 Å². The summed E-state index contributed by atoms with van der Waals surface area (Å²) in [6.07, 6.45) is 8.57. The lowest BCUT2D eigenvalue weighted by Crippen LogP contribution is -2.40. The summed E-state index contributed by atoms with van der Waals surface area (Å²) in [4.78, 5) is 2.62. The lowest BCUT2D eigenvalue weighted by Gasteiger charge is -2.27. The van der Waals surface area contributed by atoms with Crippen LogP contribution in [-0.2, 0) is 0 Å². The standard InChI is InChI=1S/C15H30N2S/c1-2-14-4-3-5-15(7-6-14)16-8-9-17-10-12-18-13-11-17/h14-16H,2-13H2,1H3. The van der Waals surface area contributed by atoms with Crippen LogP contribution in [-0.4, -0.2) is 48.6 Å². The summed E-state index contributed by atoms with van der Waals surface area (Å²) in [6, 6.07) is 0.806. The van der Waals surface area contributed by atoms with Gasteiger partial charge in [0.2, 0.25) is 0 Å². The highest BCUT2D eigenvalue weighted by atomic mass is 32.2. The molecule has 2 aliphatic rings. The molecule has 1 aliphatic heterocycles. The molecule has 2 rings (SSSR count). The fourth-order valence-electron chi connectivity index (χ4n) is 3.24. The quantitative estimate of drug-likeness (QED) is 0.773. The number of nitrogens with zero attached hydrogens (tertiary/aromatic N) is 1. The first kappa shape index (κ1) is 14.7. The Balaban J connectivity index is 1.58. The van der Waals surface area contributed by atoms with Gasteiger partial charge < -0.3 is 10.2 Å². The zero-order chi connectivity index (χ0) is 12.6. The van der Waals surface area contributed by atoms with E-state index in [2.05, 4.69) is 28.9 Å². The molecule has 2 atom stereocenters. The van der Waals surface area contributed by atoms with Gasteiger partial charge in [-0.15, -0.1) is 0 Å². The average Bonchev–Trinajstić information content (AvgIpc) is 2.65. The van der Waals surface area contributed by atoms with Gasteiger partial charge in [-0.25, -0.2) is 0 Å². The van der Waals surface area contributed by atoms with Crippen LogP contribution in [0, 0.1) is 5.92 Å². The Morgan fingerprint density at radius 2 is 1.94 bits per heavy atom. The first-order chi connectivity index (χ1) is 8.88. The molecule has 0 aromatic heterocycles. The van der Waals surface area contributed by atoms with Gasteiger partial charge in [-0.05, 0) is 25.2 Å². The van der Waals surface area contributed by atoms with Gasteiger partial charge in [0.1, 0.15) is 0 Å². The summed E-state index contributed by atoms with van der Waals surface area (Å²) in [7, 11) is 0. The zero-order valence-electron chi connectivity index (χ0n) is 12.0. The van der Waals surface area contributed by atoms with Crippen molar-refractivity contribution in [3.05, 3.63) is 0 Å². The summed E-state index contributed by atoms with van der Waals surface area (Å²) >= 11 is 2.10. The molecule has 18 heavy (non-hydrogen) atoms. The molecule has 2 fully saturated rings. The zero-order valence-corrected chi connectivity index (χ0v) is 12.8. The van der Waals surface area contributed by atoms with Crippen molar-refractivity contribution in [2.45, 2.75) is 51.5 Å². The SMILES string of the molecule is CCC1CCCC(NCCN2CCSCC2)CC1. The Bertz CT molecular complexity index is 217. The predicted molar refractivity (Wildman–Crippen MR) is 82.4 cm³/mol. The molecule has 1 heterocycles. The van der Waals surface area contributed by atoms with Crippen LogP contribution in [0.3, 0.4) is 0 Å². The molecular formula is C15H30N2S. The lowest BCUT2D eigenvalue weighted by molar-refractivity contribution is 0.291. The minimum Gasteiger partial charge on any atom is -0.313 e. The second-order valence-corrected chi connectivity index (χ2v) is 7.11. The molecule has 0 radical (unpaired) electrons. The van der Waals surface area contributed by atoms with Gasteiger partial charge in [0, 0.05) is 43.7 Å². The van der Waals surface area contributed by atoms with Crippen molar-refractivity contribution in [3.63, 3.8) is 0 Å². The van der Waals surface area contributed by atoms with Crippen LogP contribution >= 0.6 is 11.8 Å². The van der Waals surface area contributed by atoms with Gasteiger partial charge in [-0.1, -0.05) is 26.2 Å². The summed E-state index contributed by atoms with van der Waals surface area (Å²) < 4.78 is 0. The lowest BCUT2D eigenvalue weighted by atomic mass is 9.98. The fourth-order valence-corrected chi connectivity index (χ4v) is 4.22. The largest absolute Gasteiger partial charge is 0.313 e. The second-order valence-electron chi connectivity index (χ2n) is 5.89. The highest BCUT2D eigenvalue weighted by molar-refractivity contribution is 7.99. The van der Waals surface area contributed by atoms with Crippen molar-refractivity contribution in [2.24, 2.45) is 5.92 Å². The molecule has 1 saturated carbocycles. The minimum atomic E-state index is 0.806. The maximum atomic E-state index is 3.81. The van der Waals surface area contributed by atoms with E-state index in [9.17, 15) is 0 Å². The number of thioether (sulfide) groups is 1. The molecule has 3 heteroatoms. The van der Waals surface area contributed by atoms with Crippen LogP contribution < -0.4 is 5.32 Å². The van der Waals surface area contributed by atoms with E-state index in [-0.39, 0.29) is 0 Å². The van der Waals surface area contributed by atoms with Gasteiger partial charge in [-0.2, -0.15) is 11.8 Å². The first-order valence-corrected chi connectivity index (χ1v) is 9.07. The van der Waals surface area contributed by atoms with Crippen LogP contribution in [0.15, 0.2) is 0 Å². The number of hydrogen-bond donors (Lipinski definition) is 1. The topological polar surface area (TPSA) is 15.3 Å². The van der Waals surface area contributed by atoms with Crippen molar-refractivity contribution >= 4 is 11.8 Å². The molecule has 1 N–H and O–H groups in total. The van der Waals surface area contributed by atoms with E-state index in [0.717, 1.165) is 12.0 Å². The number of hydrogen-bond acceptors (Lipinski definition) is 3. The van der Waals surface area contributed by atoms with Crippen LogP contribution in [0.1, 0.15) is 45.4 Å². The molecule has 0 spiro atoms. The summed E-state index contributed by atoms with van der Waals surface area (Å²) in [5, 5.41) is 3.81. The second kappa shape index (κ2) is 8.44. The molecule has 0 bridgehead atoms. The molecule has 0 aromatic rings. The molecule has 1 saturated heterocycles. The van der Waals surface area contributed by atoms with Crippen LogP contribution in [0.25, 0.3) is 0 Å². The Morgan fingerprint density at radius 3 is 2.72 bits per heavy atom. The Morgan fingerprint density at radius 1 is 1.11 bits per heavy atom. The Kier molecular flexibility index (Phi) is 6.88. The van der Waals surface area contributed by atoms with Crippen molar-refractivity contribution in [2.75, 3.05) is 37.7 Å². The molecule has 2 unspecified atom stereocenters. The van der Waals surface area contributed by atoms with E-state index in [0.29, 0.717) is 0 Å². The minimum absolute atomic E-state index is 0.806. The van der Waals surface area contributed by atoms with E-state index in [1.165, 1.54) is 76.2 Å². The third-order valence-electron chi connectivity index (χ3n) is 4.63. The molecule has 2 nitrogen and oxygen atoms in total. The maximum absolute atomic E-state index is 3.81. The van der Waals surface area contributed by atoms with Crippen molar-refractivity contribution in [1.29, 1.82) is 0 Å². The first-order valence-electron chi connectivity index (χ1n) is 7.92. The monoisotopic (exact) mass is 270 g/mol. The Labute approximate surface area is 117 Å². The number of rotatable bonds is 5. The van der Waals surface area contributed by atoms with Crippen molar-refractivity contribution in [3.8, 4) is 0 Å². The smallest absolute Gasteiger partial charge is 0.0108 e. The maximum Gasteiger partial charge on any atom is 0.0108 e. The fraction of sp³-hybridized carbons (Fsp3) is 1.00. The van der Waals surface area contributed by atoms with Gasteiger partial charge >= 0.3 is 0 Å².